The first-order chi connectivity index (χ1) is 3.91. The minimum absolute atomic E-state index is 0.302. The van der Waals surface area contributed by atoms with Gasteiger partial charge in [0.2, 0.25) is 0 Å². The van der Waals surface area contributed by atoms with Crippen LogP contribution in [-0.2, 0) is 9.84 Å². The van der Waals surface area contributed by atoms with Gasteiger partial charge in [0, 0.05) is 13.5 Å². The van der Waals surface area contributed by atoms with E-state index in [4.69, 9.17) is 0 Å². The molecule has 0 saturated carbocycles. The van der Waals surface area contributed by atoms with E-state index in [0.717, 1.165) is 0 Å². The van der Waals surface area contributed by atoms with Crippen LogP contribution >= 0.6 is 0 Å². The fraction of sp³-hybridized carbons (Fsp3) is 0.667. The molecule has 0 saturated heterocycles. The maximum absolute atomic E-state index is 9.68. The van der Waals surface area contributed by atoms with Crippen LogP contribution < -0.4 is 0 Å². The predicted octanol–water partition coefficient (Wildman–Crippen LogP) is 0.457. The summed E-state index contributed by atoms with van der Waals surface area (Å²) < 4.78 is 4.68. The lowest BCUT2D eigenvalue weighted by atomic mass is 10.4. The second-order valence-corrected chi connectivity index (χ2v) is 1.24. The van der Waals surface area contributed by atoms with Gasteiger partial charge in [0.05, 0.1) is 6.61 Å². The van der Waals surface area contributed by atoms with E-state index in [1.165, 1.54) is 0 Å². The zero-order valence-electron chi connectivity index (χ0n) is 4.94. The number of ether oxygens (including phenoxy) is 1. The molecule has 2 heteroatoms. The van der Waals surface area contributed by atoms with E-state index in [2.05, 4.69) is 16.6 Å². The van der Waals surface area contributed by atoms with Crippen LogP contribution in [0.4, 0.5) is 0 Å². The zero-order valence-corrected chi connectivity index (χ0v) is 4.94. The van der Waals surface area contributed by atoms with E-state index in [0.29, 0.717) is 13.0 Å². The van der Waals surface area contributed by atoms with E-state index in [9.17, 15) is 5.11 Å². The Morgan fingerprint density at radius 1 is 1.50 bits per heavy atom. The Balaban J connectivity index is 2.90. The van der Waals surface area contributed by atoms with Crippen molar-refractivity contribution >= 4 is 0 Å². The molecular weight excluding hydrogens is 104 g/mol. The predicted molar refractivity (Wildman–Crippen MR) is 29.8 cm³/mol. The second-order valence-electron chi connectivity index (χ2n) is 1.24. The molecule has 0 aromatic heterocycles. The van der Waals surface area contributed by atoms with Crippen molar-refractivity contribution in [1.82, 2.24) is 0 Å². The quantitative estimate of drug-likeness (QED) is 0.377. The highest BCUT2D eigenvalue weighted by molar-refractivity contribution is 4.98. The first-order valence-corrected chi connectivity index (χ1v) is 2.44. The summed E-state index contributed by atoms with van der Waals surface area (Å²) in [6.07, 6.45) is 0.665. The molecule has 45 valence electrons. The first-order valence-electron chi connectivity index (χ1n) is 2.44. The average molecular weight is 113 g/mol. The van der Waals surface area contributed by atoms with Crippen molar-refractivity contribution in [2.75, 3.05) is 20.3 Å². The molecule has 2 nitrogen and oxygen atoms in total. The summed E-state index contributed by atoms with van der Waals surface area (Å²) in [5.41, 5.74) is 0. The monoisotopic (exact) mass is 113 g/mol. The summed E-state index contributed by atoms with van der Waals surface area (Å²) in [4.78, 5) is 0. The lowest BCUT2D eigenvalue weighted by molar-refractivity contribution is 0.205. The van der Waals surface area contributed by atoms with Crippen molar-refractivity contribution in [1.29, 1.82) is 0 Å². The Morgan fingerprint density at radius 2 is 2.25 bits per heavy atom. The third kappa shape index (κ3) is 5.48. The van der Waals surface area contributed by atoms with E-state index in [-0.39, 0.29) is 6.61 Å². The summed E-state index contributed by atoms with van der Waals surface area (Å²) in [6.45, 7) is 0.316. The van der Waals surface area contributed by atoms with Crippen LogP contribution in [-0.4, -0.2) is 20.3 Å². The van der Waals surface area contributed by atoms with E-state index < -0.39 is 0 Å². The standard InChI is InChI=1S/C6H9O2/c1-8-6-4-2-3-5-7/h4-6H2,1H3. The minimum Gasteiger partial charge on any atom is -0.384 e. The summed E-state index contributed by atoms with van der Waals surface area (Å²) in [5.74, 6) is 5.05. The molecule has 0 aromatic rings. The lowest BCUT2D eigenvalue weighted by Crippen LogP contribution is -1.84. The van der Waals surface area contributed by atoms with Gasteiger partial charge in [-0.15, -0.1) is 0 Å². The van der Waals surface area contributed by atoms with E-state index in [1.54, 1.807) is 7.11 Å². The summed E-state index contributed by atoms with van der Waals surface area (Å²) in [7, 11) is 1.61. The van der Waals surface area contributed by atoms with Gasteiger partial charge < -0.3 is 4.74 Å². The number of rotatable bonds is 2. The molecule has 0 atom stereocenters. The lowest BCUT2D eigenvalue weighted by Gasteiger charge is -1.85. The van der Waals surface area contributed by atoms with Gasteiger partial charge in [-0.2, -0.15) is 0 Å². The van der Waals surface area contributed by atoms with Crippen molar-refractivity contribution in [2.24, 2.45) is 0 Å². The topological polar surface area (TPSA) is 29.1 Å². The van der Waals surface area contributed by atoms with Gasteiger partial charge in [-0.1, -0.05) is 11.8 Å². The molecule has 0 N–H and O–H groups in total. The zero-order chi connectivity index (χ0) is 6.24. The molecule has 1 radical (unpaired) electrons. The number of hydrogen-bond donors (Lipinski definition) is 0. The Bertz CT molecular complexity index is 88.4. The molecule has 0 aliphatic heterocycles. The van der Waals surface area contributed by atoms with Crippen LogP contribution in [0.15, 0.2) is 0 Å². The maximum Gasteiger partial charge on any atom is 0.143 e. The van der Waals surface area contributed by atoms with Gasteiger partial charge >= 0.3 is 0 Å². The van der Waals surface area contributed by atoms with Crippen LogP contribution in [0.5, 0.6) is 0 Å². The maximum atomic E-state index is 9.68. The third-order valence-electron chi connectivity index (χ3n) is 0.628. The van der Waals surface area contributed by atoms with Crippen molar-refractivity contribution < 1.29 is 9.84 Å². The Hall–Kier alpha value is -0.520. The Kier molecular flexibility index (Phi) is 6.06. The number of methoxy groups -OCH3 is 1. The Morgan fingerprint density at radius 3 is 2.75 bits per heavy atom. The van der Waals surface area contributed by atoms with Crippen LogP contribution in [0, 0.1) is 11.8 Å². The normalized spacial score (nSPS) is 7.75. The fourth-order valence-electron chi connectivity index (χ4n) is 0.293. The van der Waals surface area contributed by atoms with Crippen molar-refractivity contribution in [3.05, 3.63) is 0 Å². The summed E-state index contributed by atoms with van der Waals surface area (Å²) in [6, 6.07) is 0. The number of hydrogen-bond acceptors (Lipinski definition) is 1. The van der Waals surface area contributed by atoms with Crippen LogP contribution in [0.2, 0.25) is 0 Å². The molecule has 0 fully saturated rings. The van der Waals surface area contributed by atoms with Gasteiger partial charge in [0.15, 0.2) is 0 Å². The molecular formula is C6H9O2. The van der Waals surface area contributed by atoms with Gasteiger partial charge in [-0.25, -0.2) is 5.11 Å². The van der Waals surface area contributed by atoms with Crippen LogP contribution in [0.25, 0.3) is 0 Å². The molecule has 0 amide bonds. The molecule has 0 spiro atoms. The Labute approximate surface area is 49.5 Å². The highest BCUT2D eigenvalue weighted by atomic mass is 16.5. The largest absolute Gasteiger partial charge is 0.384 e. The third-order valence-corrected chi connectivity index (χ3v) is 0.628. The fourth-order valence-corrected chi connectivity index (χ4v) is 0.293. The van der Waals surface area contributed by atoms with Crippen LogP contribution in [0.1, 0.15) is 6.42 Å². The first kappa shape index (κ1) is 7.48. The van der Waals surface area contributed by atoms with Crippen molar-refractivity contribution in [3.63, 3.8) is 0 Å². The second kappa shape index (κ2) is 6.48. The molecule has 0 unspecified atom stereocenters. The SMILES string of the molecule is COCCC#CC[O]. The summed E-state index contributed by atoms with van der Waals surface area (Å²) >= 11 is 0. The molecule has 0 heterocycles. The van der Waals surface area contributed by atoms with Gasteiger partial charge in [0.1, 0.15) is 6.61 Å². The van der Waals surface area contributed by atoms with Gasteiger partial charge in [-0.05, 0) is 0 Å². The highest BCUT2D eigenvalue weighted by Crippen LogP contribution is 1.73. The summed E-state index contributed by atoms with van der Waals surface area (Å²) in [5, 5.41) is 9.68. The van der Waals surface area contributed by atoms with E-state index in [1.807, 2.05) is 0 Å². The molecule has 8 heavy (non-hydrogen) atoms. The molecule has 0 rings (SSSR count). The van der Waals surface area contributed by atoms with Gasteiger partial charge in [0.25, 0.3) is 0 Å². The van der Waals surface area contributed by atoms with Crippen molar-refractivity contribution in [3.8, 4) is 11.8 Å². The molecule has 0 bridgehead atoms. The highest BCUT2D eigenvalue weighted by Gasteiger charge is 1.73. The van der Waals surface area contributed by atoms with E-state index >= 15 is 0 Å². The molecule has 0 aliphatic carbocycles. The van der Waals surface area contributed by atoms with Crippen molar-refractivity contribution in [2.45, 2.75) is 6.42 Å². The smallest absolute Gasteiger partial charge is 0.143 e. The van der Waals surface area contributed by atoms with Crippen LogP contribution in [0.3, 0.4) is 0 Å². The molecule has 0 aromatic carbocycles. The minimum atomic E-state index is -0.302. The van der Waals surface area contributed by atoms with Gasteiger partial charge in [-0.3, -0.25) is 0 Å². The molecule has 0 aliphatic rings. The average Bonchev–Trinajstić information content (AvgIpc) is 1.81.